The average Bonchev–Trinajstić information content (AvgIpc) is 3.49. The van der Waals surface area contributed by atoms with Crippen molar-refractivity contribution in [2.45, 2.75) is 76.8 Å². The Morgan fingerprint density at radius 3 is 3.03 bits per heavy atom. The van der Waals surface area contributed by atoms with E-state index in [9.17, 15) is 9.90 Å². The van der Waals surface area contributed by atoms with Crippen LogP contribution in [-0.4, -0.2) is 41.0 Å². The first-order valence-corrected chi connectivity index (χ1v) is 12.6. The minimum Gasteiger partial charge on any atom is -0.493 e. The Kier molecular flexibility index (Phi) is 6.23. The second-order valence-corrected chi connectivity index (χ2v) is 10.3. The fourth-order valence-corrected chi connectivity index (χ4v) is 6.31. The Labute approximate surface area is 192 Å². The molecule has 7 heteroatoms. The number of nitrogens with zero attached hydrogens (tertiary/aromatic N) is 1. The Bertz CT molecular complexity index is 973. The van der Waals surface area contributed by atoms with Crippen molar-refractivity contribution in [3.8, 4) is 5.75 Å². The maximum Gasteiger partial charge on any atom is 0.358 e. The second kappa shape index (κ2) is 9.12. The van der Waals surface area contributed by atoms with E-state index in [1.54, 1.807) is 5.38 Å². The SMILES string of the molecule is CC(C)OC(=O)c1csc([C@H]2CC[C@@H]3[C@@H](COc4cccc5c4CCC5)[C@H](O)C[C@@H]3O2)n1. The van der Waals surface area contributed by atoms with E-state index in [4.69, 9.17) is 14.2 Å². The van der Waals surface area contributed by atoms with Gasteiger partial charge in [0.25, 0.3) is 0 Å². The molecule has 0 bridgehead atoms. The number of aliphatic hydroxyl groups excluding tert-OH is 1. The molecule has 0 amide bonds. The van der Waals surface area contributed by atoms with Gasteiger partial charge < -0.3 is 19.3 Å². The molecule has 172 valence electrons. The fraction of sp³-hybridized carbons (Fsp3) is 0.600. The Morgan fingerprint density at radius 1 is 1.31 bits per heavy atom. The minimum absolute atomic E-state index is 0.00574. The Morgan fingerprint density at radius 2 is 2.19 bits per heavy atom. The van der Waals surface area contributed by atoms with Gasteiger partial charge in [0.1, 0.15) is 16.9 Å². The van der Waals surface area contributed by atoms with E-state index < -0.39 is 12.1 Å². The summed E-state index contributed by atoms with van der Waals surface area (Å²) < 4.78 is 17.9. The van der Waals surface area contributed by atoms with Crippen LogP contribution >= 0.6 is 11.3 Å². The van der Waals surface area contributed by atoms with Gasteiger partial charge in [-0.3, -0.25) is 0 Å². The lowest BCUT2D eigenvalue weighted by atomic mass is 9.87. The molecule has 0 spiro atoms. The topological polar surface area (TPSA) is 77.9 Å². The van der Waals surface area contributed by atoms with E-state index in [2.05, 4.69) is 23.2 Å². The fourth-order valence-electron chi connectivity index (χ4n) is 5.45. The van der Waals surface area contributed by atoms with Crippen LogP contribution in [-0.2, 0) is 22.3 Å². The standard InChI is InChI=1S/C25H31NO5S/c1-14(2)30-25(28)19-13-32-24(26-19)22-10-9-17-18(20(27)11-23(17)31-22)12-29-21-8-4-6-15-5-3-7-16(15)21/h4,6,8,13-14,17-18,20,22-23,27H,3,5,7,9-12H2,1-2H3/t17-,18-,20-,22-,23+/m1/s1. The van der Waals surface area contributed by atoms with Crippen molar-refractivity contribution in [3.63, 3.8) is 0 Å². The highest BCUT2D eigenvalue weighted by Gasteiger charge is 2.47. The number of carbonyl (C=O) groups is 1. The van der Waals surface area contributed by atoms with Crippen LogP contribution in [0.4, 0.5) is 0 Å². The number of aliphatic hydroxyl groups is 1. The summed E-state index contributed by atoms with van der Waals surface area (Å²) in [5.74, 6) is 0.945. The number of esters is 1. The van der Waals surface area contributed by atoms with Gasteiger partial charge in [-0.25, -0.2) is 9.78 Å². The summed E-state index contributed by atoms with van der Waals surface area (Å²) >= 11 is 1.44. The summed E-state index contributed by atoms with van der Waals surface area (Å²) in [6, 6.07) is 6.32. The highest BCUT2D eigenvalue weighted by atomic mass is 32.1. The molecule has 0 unspecified atom stereocenters. The minimum atomic E-state index is -0.423. The molecule has 2 aromatic rings. The van der Waals surface area contributed by atoms with Gasteiger partial charge in [0.05, 0.1) is 24.9 Å². The zero-order chi connectivity index (χ0) is 22.2. The number of thiazole rings is 1. The molecule has 5 atom stereocenters. The molecule has 1 aromatic carbocycles. The third-order valence-corrected chi connectivity index (χ3v) is 7.92. The van der Waals surface area contributed by atoms with E-state index in [0.717, 1.165) is 36.4 Å². The first-order valence-electron chi connectivity index (χ1n) is 11.7. The lowest BCUT2D eigenvalue weighted by Crippen LogP contribution is -2.33. The largest absolute Gasteiger partial charge is 0.493 e. The quantitative estimate of drug-likeness (QED) is 0.644. The summed E-state index contributed by atoms with van der Waals surface area (Å²) in [4.78, 5) is 16.6. The lowest BCUT2D eigenvalue weighted by Gasteiger charge is -2.34. The molecule has 0 radical (unpaired) electrons. The number of aryl methyl sites for hydroxylation is 1. The average molecular weight is 458 g/mol. The van der Waals surface area contributed by atoms with Crippen molar-refractivity contribution in [2.75, 3.05) is 6.61 Å². The maximum absolute atomic E-state index is 12.1. The first-order chi connectivity index (χ1) is 15.5. The predicted octanol–water partition coefficient (Wildman–Crippen LogP) is 4.49. The van der Waals surface area contributed by atoms with Gasteiger partial charge in [-0.05, 0) is 69.1 Å². The molecular weight excluding hydrogens is 426 g/mol. The maximum atomic E-state index is 12.1. The number of rotatable bonds is 6. The van der Waals surface area contributed by atoms with Gasteiger partial charge in [-0.2, -0.15) is 0 Å². The van der Waals surface area contributed by atoms with E-state index in [0.29, 0.717) is 18.7 Å². The van der Waals surface area contributed by atoms with Crippen LogP contribution in [0.15, 0.2) is 23.6 Å². The lowest BCUT2D eigenvalue weighted by molar-refractivity contribution is -0.0812. The van der Waals surface area contributed by atoms with Gasteiger partial charge in [0.15, 0.2) is 5.69 Å². The highest BCUT2D eigenvalue weighted by molar-refractivity contribution is 7.09. The van der Waals surface area contributed by atoms with Gasteiger partial charge >= 0.3 is 5.97 Å². The van der Waals surface area contributed by atoms with E-state index in [-0.39, 0.29) is 30.1 Å². The Balaban J connectivity index is 1.21. The van der Waals surface area contributed by atoms with Crippen LogP contribution in [0.5, 0.6) is 5.75 Å². The number of benzene rings is 1. The van der Waals surface area contributed by atoms with Crippen molar-refractivity contribution in [1.82, 2.24) is 4.98 Å². The van der Waals surface area contributed by atoms with Crippen LogP contribution in [0.1, 0.15) is 72.3 Å². The molecule has 2 fully saturated rings. The number of ether oxygens (including phenoxy) is 3. The van der Waals surface area contributed by atoms with E-state index in [1.807, 2.05) is 13.8 Å². The summed E-state index contributed by atoms with van der Waals surface area (Å²) in [6.07, 6.45) is 5.08. The molecule has 6 nitrogen and oxygen atoms in total. The van der Waals surface area contributed by atoms with E-state index >= 15 is 0 Å². The number of fused-ring (bicyclic) bond motifs is 2. The molecule has 1 N–H and O–H groups in total. The van der Waals surface area contributed by atoms with Gasteiger partial charge in [-0.15, -0.1) is 11.3 Å². The van der Waals surface area contributed by atoms with Gasteiger partial charge in [0, 0.05) is 17.7 Å². The van der Waals surface area contributed by atoms with Crippen molar-refractivity contribution < 1.29 is 24.1 Å². The molecule has 2 heterocycles. The predicted molar refractivity (Wildman–Crippen MR) is 121 cm³/mol. The van der Waals surface area contributed by atoms with Crippen molar-refractivity contribution in [1.29, 1.82) is 0 Å². The number of hydrogen-bond acceptors (Lipinski definition) is 7. The summed E-state index contributed by atoms with van der Waals surface area (Å²) in [6.45, 7) is 4.17. The third kappa shape index (κ3) is 4.30. The number of carbonyl (C=O) groups excluding carboxylic acids is 1. The van der Waals surface area contributed by atoms with Crippen LogP contribution in [0.2, 0.25) is 0 Å². The third-order valence-electron chi connectivity index (χ3n) is 6.98. The van der Waals surface area contributed by atoms with Crippen molar-refractivity contribution in [3.05, 3.63) is 45.4 Å². The summed E-state index contributed by atoms with van der Waals surface area (Å²) in [7, 11) is 0. The molecule has 32 heavy (non-hydrogen) atoms. The summed E-state index contributed by atoms with van der Waals surface area (Å²) in [5.41, 5.74) is 3.08. The van der Waals surface area contributed by atoms with Gasteiger partial charge in [-0.1, -0.05) is 12.1 Å². The number of aromatic nitrogens is 1. The molecule has 3 aliphatic rings. The molecular formula is C25H31NO5S. The molecule has 5 rings (SSSR count). The van der Waals surface area contributed by atoms with Gasteiger partial charge in [0.2, 0.25) is 0 Å². The highest BCUT2D eigenvalue weighted by Crippen LogP contribution is 2.46. The normalized spacial score (nSPS) is 29.1. The van der Waals surface area contributed by atoms with E-state index in [1.165, 1.54) is 28.9 Å². The Hall–Kier alpha value is -1.96. The molecule has 1 saturated heterocycles. The van der Waals surface area contributed by atoms with Crippen LogP contribution < -0.4 is 4.74 Å². The molecule has 1 aliphatic heterocycles. The zero-order valence-corrected chi connectivity index (χ0v) is 19.5. The van der Waals surface area contributed by atoms with Crippen LogP contribution in [0.3, 0.4) is 0 Å². The molecule has 2 aliphatic carbocycles. The first kappa shape index (κ1) is 21.9. The monoisotopic (exact) mass is 457 g/mol. The smallest absolute Gasteiger partial charge is 0.358 e. The second-order valence-electron chi connectivity index (χ2n) is 9.45. The van der Waals surface area contributed by atoms with Crippen LogP contribution in [0, 0.1) is 11.8 Å². The number of hydrogen-bond donors (Lipinski definition) is 1. The van der Waals surface area contributed by atoms with Crippen LogP contribution in [0.25, 0.3) is 0 Å². The van der Waals surface area contributed by atoms with Crippen molar-refractivity contribution in [2.24, 2.45) is 11.8 Å². The molecule has 1 saturated carbocycles. The zero-order valence-electron chi connectivity index (χ0n) is 18.7. The summed E-state index contributed by atoms with van der Waals surface area (Å²) in [5, 5.41) is 13.3. The molecule has 1 aromatic heterocycles. The van der Waals surface area contributed by atoms with Crippen molar-refractivity contribution >= 4 is 17.3 Å².